The Bertz CT molecular complexity index is 2280. The molecule has 0 aromatic carbocycles. The Hall–Kier alpha value is -5.93. The van der Waals surface area contributed by atoms with E-state index in [1.54, 1.807) is 48.5 Å². The Morgan fingerprint density at radius 2 is 0.589 bits per heavy atom. The number of carboxylic acid groups (broad SMARTS) is 7. The SMILES string of the molecule is CC(C)NC(C)(CC(=O)O)C(=O)C(C)C.CC(C)NC(CC(=O)O)C(=O)C(C)C.CC(C)NC(CC(C(=O)O)C(=O)O)C(=O)C(C)C.CC(C)NC(CCC(=O)O)C(=O)C(C)C.CC(C)NC(CCCC(=O)O)C(=O)C(C)C.CC(C)NC(CCCCC(=O)O)C(=O)C(C)C. The van der Waals surface area contributed by atoms with E-state index < -0.39 is 65.3 Å². The molecule has 6 unspecified atom stereocenters. The van der Waals surface area contributed by atoms with Gasteiger partial charge in [0.15, 0.2) is 40.6 Å². The molecule has 0 aromatic rings. The van der Waals surface area contributed by atoms with Crippen molar-refractivity contribution in [1.29, 1.82) is 0 Å². The van der Waals surface area contributed by atoms with Crippen LogP contribution in [0.25, 0.3) is 0 Å². The molecular formula is C69H130N6O20. The van der Waals surface area contributed by atoms with Gasteiger partial charge in [-0.1, -0.05) is 159 Å². The van der Waals surface area contributed by atoms with E-state index in [4.69, 9.17) is 35.7 Å². The van der Waals surface area contributed by atoms with Gasteiger partial charge >= 0.3 is 41.8 Å². The molecule has 26 heteroatoms. The molecule has 0 aromatic heterocycles. The van der Waals surface area contributed by atoms with Crippen LogP contribution in [0, 0.1) is 41.4 Å². The van der Waals surface area contributed by atoms with Crippen LogP contribution in [-0.2, 0) is 62.3 Å². The normalized spacial score (nSPS) is 13.5. The number of carbonyl (C=O) groups excluding carboxylic acids is 6. The number of rotatable bonds is 44. The third-order valence-electron chi connectivity index (χ3n) is 13.5. The highest BCUT2D eigenvalue weighted by Gasteiger charge is 2.37. The van der Waals surface area contributed by atoms with Crippen LogP contribution in [0.3, 0.4) is 0 Å². The zero-order valence-electron chi connectivity index (χ0n) is 62.3. The van der Waals surface area contributed by atoms with Gasteiger partial charge in [0.1, 0.15) is 0 Å². The molecule has 95 heavy (non-hydrogen) atoms. The van der Waals surface area contributed by atoms with Crippen LogP contribution in [0.4, 0.5) is 0 Å². The minimum Gasteiger partial charge on any atom is -0.481 e. The number of aliphatic carboxylic acids is 7. The molecule has 0 aliphatic rings. The standard InChI is InChI=1S/C13H25NO3.C12H21NO5.C12H23NO3.2C11H21NO3.C10H19NO3/c1-9(2)13(17)11(14-10(3)4)7-5-6-8-12(15)16;1-6(2)10(14)9(13-7(3)4)5-8(11(15)16)12(17)18;1-8(2)12(16)10(13-9(3)4)6-5-7-11(14)15;1-7(2)10(15)11(5,6-9(13)14)12-8(3)4;1-7(2)11(15)9(12-8(3)4)5-6-10(13)14;1-6(2)10(14)8(5-9(12)13)11-7(3)4/h9-11,14H,5-8H2,1-4H3,(H,15,16);6-9,13H,5H2,1-4H3,(H,15,16)(H,17,18);8-10,13H,5-7H2,1-4H3,(H,14,15);7-8,12H,6H2,1-5H3,(H,13,14);7-9,12H,5-6H2,1-4H3,(H,13,14);6-8,11H,5H2,1-4H3,(H,12,13). The van der Waals surface area contributed by atoms with E-state index in [1.807, 2.05) is 125 Å². The molecule has 0 rings (SSSR count). The summed E-state index contributed by atoms with van der Waals surface area (Å²) in [6.45, 7) is 46.5. The van der Waals surface area contributed by atoms with Gasteiger partial charge in [-0.15, -0.1) is 0 Å². The van der Waals surface area contributed by atoms with Gasteiger partial charge in [-0.25, -0.2) is 0 Å². The summed E-state index contributed by atoms with van der Waals surface area (Å²) >= 11 is 0. The van der Waals surface area contributed by atoms with E-state index in [2.05, 4.69) is 31.9 Å². The fourth-order valence-corrected chi connectivity index (χ4v) is 9.31. The Labute approximate surface area is 568 Å². The molecule has 0 heterocycles. The van der Waals surface area contributed by atoms with Crippen molar-refractivity contribution in [3.63, 3.8) is 0 Å². The molecule has 0 saturated heterocycles. The van der Waals surface area contributed by atoms with Crippen LogP contribution < -0.4 is 31.9 Å². The molecule has 0 fully saturated rings. The second-order valence-corrected chi connectivity index (χ2v) is 27.8. The average Bonchev–Trinajstić information content (AvgIpc) is 0.910. The van der Waals surface area contributed by atoms with Gasteiger partial charge in [-0.3, -0.25) is 62.3 Å². The first-order valence-electron chi connectivity index (χ1n) is 33.6. The highest BCUT2D eigenvalue weighted by Crippen LogP contribution is 2.19. The van der Waals surface area contributed by atoms with E-state index in [0.29, 0.717) is 25.7 Å². The van der Waals surface area contributed by atoms with Crippen molar-refractivity contribution in [2.24, 2.45) is 41.4 Å². The molecular weight excluding hydrogens is 1230 g/mol. The second kappa shape index (κ2) is 54.1. The van der Waals surface area contributed by atoms with Gasteiger partial charge in [-0.05, 0) is 59.3 Å². The number of ketones is 6. The number of hydrogen-bond donors (Lipinski definition) is 13. The van der Waals surface area contributed by atoms with Crippen molar-refractivity contribution >= 4 is 76.5 Å². The smallest absolute Gasteiger partial charge is 0.317 e. The van der Waals surface area contributed by atoms with E-state index >= 15 is 0 Å². The van der Waals surface area contributed by atoms with Crippen LogP contribution >= 0.6 is 0 Å². The third kappa shape index (κ3) is 55.9. The van der Waals surface area contributed by atoms with E-state index in [-0.39, 0.29) is 163 Å². The third-order valence-corrected chi connectivity index (χ3v) is 13.5. The first-order valence-corrected chi connectivity index (χ1v) is 33.6. The molecule has 6 atom stereocenters. The fourth-order valence-electron chi connectivity index (χ4n) is 9.31. The Balaban J connectivity index is -0.000000251. The quantitative estimate of drug-likeness (QED) is 0.0200. The maximum atomic E-state index is 11.9. The Morgan fingerprint density at radius 3 is 0.863 bits per heavy atom. The van der Waals surface area contributed by atoms with Crippen LogP contribution in [0.1, 0.15) is 250 Å². The Kier molecular flexibility index (Phi) is 57.0. The molecule has 0 saturated carbocycles. The van der Waals surface area contributed by atoms with Gasteiger partial charge in [0.05, 0.1) is 48.6 Å². The van der Waals surface area contributed by atoms with Crippen molar-refractivity contribution < 1.29 is 98.1 Å². The number of unbranched alkanes of at least 4 members (excludes halogenated alkanes) is 1. The summed E-state index contributed by atoms with van der Waals surface area (Å²) < 4.78 is 0. The molecule has 0 amide bonds. The maximum absolute atomic E-state index is 11.9. The van der Waals surface area contributed by atoms with Crippen LogP contribution in [0.15, 0.2) is 0 Å². The highest BCUT2D eigenvalue weighted by atomic mass is 16.4. The molecule has 0 aliphatic heterocycles. The van der Waals surface area contributed by atoms with Gasteiger partial charge in [-0.2, -0.15) is 0 Å². The minimum absolute atomic E-state index is 0.0129. The van der Waals surface area contributed by atoms with Crippen LogP contribution in [-0.4, -0.2) is 184 Å². The van der Waals surface area contributed by atoms with E-state index in [0.717, 1.165) is 12.8 Å². The lowest BCUT2D eigenvalue weighted by molar-refractivity contribution is -0.155. The number of Topliss-reactive ketones (excluding diaryl/α,β-unsaturated/α-hetero) is 6. The largest absolute Gasteiger partial charge is 0.481 e. The maximum Gasteiger partial charge on any atom is 0.317 e. The molecule has 0 radical (unpaired) electrons. The lowest BCUT2D eigenvalue weighted by atomic mass is 9.85. The van der Waals surface area contributed by atoms with Gasteiger partial charge in [0, 0.05) is 91.0 Å². The summed E-state index contributed by atoms with van der Waals surface area (Å²) in [7, 11) is 0. The van der Waals surface area contributed by atoms with Crippen molar-refractivity contribution in [3.05, 3.63) is 0 Å². The fraction of sp³-hybridized carbons (Fsp3) is 0.812. The average molecular weight is 1360 g/mol. The van der Waals surface area contributed by atoms with Crippen LogP contribution in [0.2, 0.25) is 0 Å². The van der Waals surface area contributed by atoms with Gasteiger partial charge < -0.3 is 67.6 Å². The highest BCUT2D eigenvalue weighted by molar-refractivity contribution is 5.95. The minimum atomic E-state index is -1.57. The van der Waals surface area contributed by atoms with E-state index in [1.165, 1.54) is 0 Å². The molecule has 0 aliphatic carbocycles. The summed E-state index contributed by atoms with van der Waals surface area (Å²) in [6.07, 6.45) is 3.42. The molecule has 13 N–H and O–H groups in total. The second-order valence-electron chi connectivity index (χ2n) is 27.8. The topological polar surface area (TPSA) is 436 Å². The number of carboxylic acids is 7. The van der Waals surface area contributed by atoms with Gasteiger partial charge in [0.25, 0.3) is 0 Å². The molecule has 556 valence electrons. The molecule has 26 nitrogen and oxygen atoms in total. The molecule has 0 spiro atoms. The lowest BCUT2D eigenvalue weighted by Gasteiger charge is -2.31. The molecule has 0 bridgehead atoms. The Morgan fingerprint density at radius 1 is 0.305 bits per heavy atom. The summed E-state index contributed by atoms with van der Waals surface area (Å²) in [5.41, 5.74) is -0.964. The number of nitrogens with one attached hydrogen (secondary N) is 6. The number of hydrogen-bond acceptors (Lipinski definition) is 19. The summed E-state index contributed by atoms with van der Waals surface area (Å²) in [6, 6.07) is -1.13. The van der Waals surface area contributed by atoms with Crippen LogP contribution in [0.5, 0.6) is 0 Å². The summed E-state index contributed by atoms with van der Waals surface area (Å²) in [5, 5.41) is 79.2. The van der Waals surface area contributed by atoms with Crippen molar-refractivity contribution in [1.82, 2.24) is 31.9 Å². The van der Waals surface area contributed by atoms with Crippen molar-refractivity contribution in [2.45, 2.75) is 322 Å². The van der Waals surface area contributed by atoms with Gasteiger partial charge in [0.2, 0.25) is 0 Å². The zero-order chi connectivity index (χ0) is 76.1. The predicted molar refractivity (Wildman–Crippen MR) is 368 cm³/mol. The predicted octanol–water partition coefficient (Wildman–Crippen LogP) is 8.75. The van der Waals surface area contributed by atoms with Crippen molar-refractivity contribution in [3.8, 4) is 0 Å². The monoisotopic (exact) mass is 1360 g/mol. The van der Waals surface area contributed by atoms with Crippen molar-refractivity contribution in [2.75, 3.05) is 0 Å². The zero-order valence-corrected chi connectivity index (χ0v) is 62.3. The number of carbonyl (C=O) groups is 13. The first-order chi connectivity index (χ1) is 43.2. The summed E-state index contributed by atoms with van der Waals surface area (Å²) in [5.74, 6) is -9.17. The summed E-state index contributed by atoms with van der Waals surface area (Å²) in [4.78, 5) is 145. The van der Waals surface area contributed by atoms with E-state index in [9.17, 15) is 62.3 Å². The first kappa shape index (κ1) is 100. The lowest BCUT2D eigenvalue weighted by Crippen LogP contribution is -2.55.